The average Bonchev–Trinajstić information content (AvgIpc) is 2.72. The van der Waals surface area contributed by atoms with Gasteiger partial charge >= 0.3 is 5.97 Å². The maximum Gasteiger partial charge on any atom is 0.335 e. The van der Waals surface area contributed by atoms with Crippen molar-refractivity contribution >= 4 is 17.6 Å². The van der Waals surface area contributed by atoms with Crippen LogP contribution >= 0.6 is 0 Å². The minimum Gasteiger partial charge on any atom is -0.489 e. The van der Waals surface area contributed by atoms with E-state index in [0.29, 0.717) is 22.4 Å². The molecule has 0 atom stereocenters. The van der Waals surface area contributed by atoms with Crippen LogP contribution in [-0.2, 0) is 6.61 Å². The quantitative estimate of drug-likeness (QED) is 0.478. The van der Waals surface area contributed by atoms with Gasteiger partial charge in [-0.3, -0.25) is 0 Å². The molecule has 0 aromatic heterocycles. The number of aromatic carboxylic acids is 1. The highest BCUT2D eigenvalue weighted by Gasteiger charge is 2.06. The van der Waals surface area contributed by atoms with Crippen molar-refractivity contribution in [1.29, 1.82) is 5.26 Å². The number of carboxylic acid groups (broad SMARTS) is 1. The SMILES string of the molecule is N#C/C(=C/c1ccc(OCc2ccccc2F)cc1)c1ccc(C(=O)O)cc1. The molecule has 0 saturated heterocycles. The summed E-state index contributed by atoms with van der Waals surface area (Å²) >= 11 is 0. The summed E-state index contributed by atoms with van der Waals surface area (Å²) in [5.41, 5.74) is 2.47. The summed E-state index contributed by atoms with van der Waals surface area (Å²) in [5.74, 6) is -0.737. The van der Waals surface area contributed by atoms with E-state index >= 15 is 0 Å². The molecule has 138 valence electrons. The first-order chi connectivity index (χ1) is 13.6. The standard InChI is InChI=1S/C23H16FNO3/c24-22-4-2-1-3-19(22)15-28-21-11-5-16(6-12-21)13-20(14-25)17-7-9-18(10-8-17)23(26)27/h1-13H,15H2,(H,26,27)/b20-13-. The Morgan fingerprint density at radius 2 is 1.64 bits per heavy atom. The van der Waals surface area contributed by atoms with Crippen molar-refractivity contribution in [3.05, 3.63) is 101 Å². The van der Waals surface area contributed by atoms with Crippen LogP contribution in [0.25, 0.3) is 11.6 Å². The van der Waals surface area contributed by atoms with Gasteiger partial charge in [0.05, 0.1) is 17.2 Å². The number of rotatable bonds is 6. The van der Waals surface area contributed by atoms with Crippen LogP contribution in [0.5, 0.6) is 5.75 Å². The zero-order valence-corrected chi connectivity index (χ0v) is 14.8. The van der Waals surface area contributed by atoms with Gasteiger partial charge < -0.3 is 9.84 Å². The monoisotopic (exact) mass is 373 g/mol. The Bertz CT molecular complexity index is 1050. The Balaban J connectivity index is 1.72. The predicted octanol–water partition coefficient (Wildman–Crippen LogP) is 5.17. The zero-order valence-electron chi connectivity index (χ0n) is 14.8. The third-order valence-corrected chi connectivity index (χ3v) is 4.11. The number of nitrogens with zero attached hydrogens (tertiary/aromatic N) is 1. The summed E-state index contributed by atoms with van der Waals surface area (Å²) in [5, 5.41) is 18.4. The normalized spacial score (nSPS) is 10.9. The summed E-state index contributed by atoms with van der Waals surface area (Å²) in [4.78, 5) is 10.9. The second-order valence-electron chi connectivity index (χ2n) is 6.00. The van der Waals surface area contributed by atoms with Crippen molar-refractivity contribution in [2.45, 2.75) is 6.61 Å². The molecule has 0 aliphatic heterocycles. The van der Waals surface area contributed by atoms with Gasteiger partial charge in [-0.1, -0.05) is 42.5 Å². The number of carbonyl (C=O) groups is 1. The Labute approximate surface area is 161 Å². The highest BCUT2D eigenvalue weighted by atomic mass is 19.1. The molecule has 0 fully saturated rings. The van der Waals surface area contributed by atoms with E-state index in [1.54, 1.807) is 60.7 Å². The third kappa shape index (κ3) is 4.63. The van der Waals surface area contributed by atoms with E-state index < -0.39 is 5.97 Å². The topological polar surface area (TPSA) is 70.3 Å². The lowest BCUT2D eigenvalue weighted by molar-refractivity contribution is 0.0697. The number of ether oxygens (including phenoxy) is 1. The van der Waals surface area contributed by atoms with Crippen molar-refractivity contribution in [2.24, 2.45) is 0 Å². The second kappa shape index (κ2) is 8.65. The summed E-state index contributed by atoms with van der Waals surface area (Å²) in [6.07, 6.45) is 1.70. The van der Waals surface area contributed by atoms with Gasteiger partial charge in [-0.25, -0.2) is 9.18 Å². The number of nitriles is 1. The van der Waals surface area contributed by atoms with E-state index in [1.807, 2.05) is 0 Å². The molecule has 3 aromatic carbocycles. The lowest BCUT2D eigenvalue weighted by Crippen LogP contribution is -1.98. The van der Waals surface area contributed by atoms with Crippen LogP contribution in [0.2, 0.25) is 0 Å². The Morgan fingerprint density at radius 3 is 2.25 bits per heavy atom. The number of hydrogen-bond acceptors (Lipinski definition) is 3. The number of allylic oxidation sites excluding steroid dienone is 1. The largest absolute Gasteiger partial charge is 0.489 e. The van der Waals surface area contributed by atoms with Gasteiger partial charge in [0.2, 0.25) is 0 Å². The number of carboxylic acids is 1. The highest BCUT2D eigenvalue weighted by molar-refractivity contribution is 5.92. The van der Waals surface area contributed by atoms with Gasteiger partial charge in [0.25, 0.3) is 0 Å². The first-order valence-corrected chi connectivity index (χ1v) is 8.48. The Kier molecular flexibility index (Phi) is 5.83. The van der Waals surface area contributed by atoms with Crippen molar-refractivity contribution in [3.63, 3.8) is 0 Å². The van der Waals surface area contributed by atoms with E-state index in [0.717, 1.165) is 5.56 Å². The molecular weight excluding hydrogens is 357 g/mol. The summed E-state index contributed by atoms with van der Waals surface area (Å²) in [6, 6.07) is 21.8. The van der Waals surface area contributed by atoms with Crippen molar-refractivity contribution < 1.29 is 19.0 Å². The molecule has 4 nitrogen and oxygen atoms in total. The maximum absolute atomic E-state index is 13.6. The first kappa shape index (κ1) is 18.9. The number of benzene rings is 3. The predicted molar refractivity (Wildman–Crippen MR) is 104 cm³/mol. The molecule has 0 unspecified atom stereocenters. The minimum atomic E-state index is -1.01. The summed E-state index contributed by atoms with van der Waals surface area (Å²) < 4.78 is 19.2. The molecular formula is C23H16FNO3. The number of halogens is 1. The molecule has 0 aliphatic rings. The lowest BCUT2D eigenvalue weighted by Gasteiger charge is -2.07. The van der Waals surface area contributed by atoms with E-state index in [-0.39, 0.29) is 18.0 Å². The molecule has 1 N–H and O–H groups in total. The van der Waals surface area contributed by atoms with Crippen molar-refractivity contribution in [1.82, 2.24) is 0 Å². The van der Waals surface area contributed by atoms with Crippen molar-refractivity contribution in [2.75, 3.05) is 0 Å². The van der Waals surface area contributed by atoms with Crippen LogP contribution in [0, 0.1) is 17.1 Å². The molecule has 0 bridgehead atoms. The second-order valence-corrected chi connectivity index (χ2v) is 6.00. The van der Waals surface area contributed by atoms with Crippen LogP contribution in [0.1, 0.15) is 27.0 Å². The molecule has 0 radical (unpaired) electrons. The highest BCUT2D eigenvalue weighted by Crippen LogP contribution is 2.21. The van der Waals surface area contributed by atoms with Crippen molar-refractivity contribution in [3.8, 4) is 11.8 Å². The van der Waals surface area contributed by atoms with Gasteiger partial charge in [0.15, 0.2) is 0 Å². The Hall–Kier alpha value is -3.91. The number of hydrogen-bond donors (Lipinski definition) is 1. The van der Waals surface area contributed by atoms with Crippen LogP contribution in [-0.4, -0.2) is 11.1 Å². The van der Waals surface area contributed by atoms with Crippen LogP contribution in [0.3, 0.4) is 0 Å². The molecule has 28 heavy (non-hydrogen) atoms. The average molecular weight is 373 g/mol. The van der Waals surface area contributed by atoms with Crippen LogP contribution in [0.15, 0.2) is 72.8 Å². The summed E-state index contributed by atoms with van der Waals surface area (Å²) in [6.45, 7) is 0.126. The molecule has 3 aromatic rings. The first-order valence-electron chi connectivity index (χ1n) is 8.48. The lowest BCUT2D eigenvalue weighted by atomic mass is 10.0. The van der Waals surface area contributed by atoms with E-state index in [9.17, 15) is 14.4 Å². The van der Waals surface area contributed by atoms with Gasteiger partial charge in [0, 0.05) is 5.56 Å². The van der Waals surface area contributed by atoms with E-state index in [1.165, 1.54) is 18.2 Å². The molecule has 3 rings (SSSR count). The van der Waals surface area contributed by atoms with Gasteiger partial charge in [-0.2, -0.15) is 5.26 Å². The zero-order chi connectivity index (χ0) is 19.9. The third-order valence-electron chi connectivity index (χ3n) is 4.11. The Morgan fingerprint density at radius 1 is 1.00 bits per heavy atom. The maximum atomic E-state index is 13.6. The summed E-state index contributed by atoms with van der Waals surface area (Å²) in [7, 11) is 0. The molecule has 0 aliphatic carbocycles. The van der Waals surface area contributed by atoms with Gasteiger partial charge in [-0.15, -0.1) is 0 Å². The van der Waals surface area contributed by atoms with Gasteiger partial charge in [0.1, 0.15) is 18.2 Å². The molecule has 0 heterocycles. The van der Waals surface area contributed by atoms with Crippen LogP contribution < -0.4 is 4.74 Å². The molecule has 0 amide bonds. The minimum absolute atomic E-state index is 0.126. The van der Waals surface area contributed by atoms with E-state index in [4.69, 9.17) is 9.84 Å². The fourth-order valence-corrected chi connectivity index (χ4v) is 2.58. The molecule has 5 heteroatoms. The van der Waals surface area contributed by atoms with Crippen LogP contribution in [0.4, 0.5) is 4.39 Å². The fourth-order valence-electron chi connectivity index (χ4n) is 2.58. The fraction of sp³-hybridized carbons (Fsp3) is 0.0435. The molecule has 0 spiro atoms. The van der Waals surface area contributed by atoms with E-state index in [2.05, 4.69) is 6.07 Å². The van der Waals surface area contributed by atoms with Gasteiger partial charge in [-0.05, 0) is 47.5 Å². The molecule has 0 saturated carbocycles. The smallest absolute Gasteiger partial charge is 0.335 e.